The first kappa shape index (κ1) is 9.64. The lowest BCUT2D eigenvalue weighted by molar-refractivity contribution is -0.136. The first-order valence-electron chi connectivity index (χ1n) is 4.16. The molecule has 1 aromatic heterocycles. The average molecular weight is 180 g/mol. The Morgan fingerprint density at radius 3 is 2.77 bits per heavy atom. The van der Waals surface area contributed by atoms with Gasteiger partial charge in [0.25, 0.3) is 0 Å². The second-order valence-electron chi connectivity index (χ2n) is 2.82. The molecule has 0 saturated carbocycles. The van der Waals surface area contributed by atoms with E-state index in [9.17, 15) is 4.79 Å². The number of aliphatic carboxylic acids is 1. The Labute approximate surface area is 76.7 Å². The molecule has 0 radical (unpaired) electrons. The third kappa shape index (κ3) is 2.50. The van der Waals surface area contributed by atoms with Gasteiger partial charge in [0.2, 0.25) is 0 Å². The molecule has 4 nitrogen and oxygen atoms in total. The molecule has 70 valence electrons. The monoisotopic (exact) mass is 180 g/mol. The number of carbonyl (C=O) groups is 1. The van der Waals surface area contributed by atoms with Crippen LogP contribution in [0, 0.1) is 6.92 Å². The predicted octanol–water partition coefficient (Wildman–Crippen LogP) is 0.975. The van der Waals surface area contributed by atoms with Crippen molar-refractivity contribution in [2.24, 2.45) is 0 Å². The molecule has 0 saturated heterocycles. The number of hydrogen-bond acceptors (Lipinski definition) is 3. The Hall–Kier alpha value is -1.45. The van der Waals surface area contributed by atoms with E-state index in [1.165, 1.54) is 6.20 Å². The fraction of sp³-hybridized carbons (Fsp3) is 0.444. The minimum absolute atomic E-state index is 0.0577. The maximum absolute atomic E-state index is 10.4. The molecule has 0 aliphatic carbocycles. The topological polar surface area (TPSA) is 63.1 Å². The van der Waals surface area contributed by atoms with Crippen molar-refractivity contribution in [1.82, 2.24) is 9.97 Å². The molecule has 0 amide bonds. The van der Waals surface area contributed by atoms with E-state index in [4.69, 9.17) is 5.11 Å². The highest BCUT2D eigenvalue weighted by Crippen LogP contribution is 2.03. The van der Waals surface area contributed by atoms with Crippen molar-refractivity contribution < 1.29 is 9.90 Å². The van der Waals surface area contributed by atoms with Crippen LogP contribution in [0.25, 0.3) is 0 Å². The summed E-state index contributed by atoms with van der Waals surface area (Å²) in [5.74, 6) is -0.877. The summed E-state index contributed by atoms with van der Waals surface area (Å²) in [5.41, 5.74) is 2.26. The number of carboxylic acid groups (broad SMARTS) is 1. The fourth-order valence-corrected chi connectivity index (χ4v) is 1.14. The quantitative estimate of drug-likeness (QED) is 0.753. The van der Waals surface area contributed by atoms with E-state index in [0.717, 1.165) is 17.8 Å². The van der Waals surface area contributed by atoms with E-state index in [2.05, 4.69) is 9.97 Å². The summed E-state index contributed by atoms with van der Waals surface area (Å²) in [6.45, 7) is 3.84. The van der Waals surface area contributed by atoms with Gasteiger partial charge in [-0.3, -0.25) is 14.8 Å². The van der Waals surface area contributed by atoms with Crippen LogP contribution in [0.2, 0.25) is 0 Å². The summed E-state index contributed by atoms with van der Waals surface area (Å²) < 4.78 is 0. The maximum atomic E-state index is 10.4. The lowest BCUT2D eigenvalue weighted by Gasteiger charge is -2.02. The van der Waals surface area contributed by atoms with Gasteiger partial charge < -0.3 is 5.11 Å². The largest absolute Gasteiger partial charge is 0.481 e. The van der Waals surface area contributed by atoms with Crippen LogP contribution in [-0.4, -0.2) is 21.0 Å². The van der Waals surface area contributed by atoms with Crippen LogP contribution in [0.3, 0.4) is 0 Å². The molecular formula is C9H12N2O2. The number of nitrogens with zero attached hydrogens (tertiary/aromatic N) is 2. The molecule has 1 rings (SSSR count). The smallest absolute Gasteiger partial charge is 0.309 e. The van der Waals surface area contributed by atoms with Crippen molar-refractivity contribution in [3.63, 3.8) is 0 Å². The van der Waals surface area contributed by atoms with Gasteiger partial charge in [0.1, 0.15) is 0 Å². The molecule has 0 spiro atoms. The first-order valence-corrected chi connectivity index (χ1v) is 4.16. The van der Waals surface area contributed by atoms with Crippen molar-refractivity contribution in [2.45, 2.75) is 26.7 Å². The molecule has 0 aliphatic heterocycles. The SMILES string of the molecule is CCc1ncc(CC(=O)O)nc1C. The van der Waals surface area contributed by atoms with E-state index in [0.29, 0.717) is 5.69 Å². The molecule has 13 heavy (non-hydrogen) atoms. The lowest BCUT2D eigenvalue weighted by atomic mass is 10.2. The molecule has 0 aromatic carbocycles. The summed E-state index contributed by atoms with van der Waals surface area (Å²) in [7, 11) is 0. The molecule has 0 unspecified atom stereocenters. The van der Waals surface area contributed by atoms with Gasteiger partial charge in [-0.2, -0.15) is 0 Å². The molecule has 0 bridgehead atoms. The van der Waals surface area contributed by atoms with Crippen LogP contribution >= 0.6 is 0 Å². The van der Waals surface area contributed by atoms with Crippen molar-refractivity contribution in [1.29, 1.82) is 0 Å². The second-order valence-corrected chi connectivity index (χ2v) is 2.82. The molecule has 4 heteroatoms. The molecule has 1 aromatic rings. The highest BCUT2D eigenvalue weighted by molar-refractivity contribution is 5.69. The van der Waals surface area contributed by atoms with Gasteiger partial charge in [-0.05, 0) is 13.3 Å². The number of rotatable bonds is 3. The van der Waals surface area contributed by atoms with Crippen LogP contribution in [0.15, 0.2) is 6.20 Å². The summed E-state index contributed by atoms with van der Waals surface area (Å²) in [5, 5.41) is 8.52. The number of hydrogen-bond donors (Lipinski definition) is 1. The normalized spacial score (nSPS) is 10.0. The summed E-state index contributed by atoms with van der Waals surface area (Å²) in [6, 6.07) is 0. The lowest BCUT2D eigenvalue weighted by Crippen LogP contribution is -2.06. The molecule has 0 fully saturated rings. The minimum atomic E-state index is -0.877. The molecule has 0 atom stereocenters. The zero-order valence-corrected chi connectivity index (χ0v) is 7.74. The third-order valence-electron chi connectivity index (χ3n) is 1.77. The van der Waals surface area contributed by atoms with Crippen LogP contribution in [0.4, 0.5) is 0 Å². The second kappa shape index (κ2) is 3.98. The first-order chi connectivity index (χ1) is 6.13. The van der Waals surface area contributed by atoms with Crippen LogP contribution < -0.4 is 0 Å². The van der Waals surface area contributed by atoms with Crippen LogP contribution in [0.5, 0.6) is 0 Å². The number of carboxylic acids is 1. The predicted molar refractivity (Wildman–Crippen MR) is 47.5 cm³/mol. The maximum Gasteiger partial charge on any atom is 0.309 e. The van der Waals surface area contributed by atoms with Crippen molar-refractivity contribution in [2.75, 3.05) is 0 Å². The van der Waals surface area contributed by atoms with E-state index in [-0.39, 0.29) is 6.42 Å². The van der Waals surface area contributed by atoms with Gasteiger partial charge in [-0.25, -0.2) is 0 Å². The molecule has 0 aliphatic rings. The van der Waals surface area contributed by atoms with Gasteiger partial charge in [0, 0.05) is 6.20 Å². The van der Waals surface area contributed by atoms with Crippen LogP contribution in [0.1, 0.15) is 24.0 Å². The standard InChI is InChI=1S/C9H12N2O2/c1-3-8-6(2)11-7(5-10-8)4-9(12)13/h5H,3-4H2,1-2H3,(H,12,13). The van der Waals surface area contributed by atoms with Gasteiger partial charge in [-0.15, -0.1) is 0 Å². The number of aryl methyl sites for hydroxylation is 2. The van der Waals surface area contributed by atoms with Gasteiger partial charge >= 0.3 is 5.97 Å². The van der Waals surface area contributed by atoms with E-state index in [1.807, 2.05) is 13.8 Å². The van der Waals surface area contributed by atoms with Gasteiger partial charge in [-0.1, -0.05) is 6.92 Å². The third-order valence-corrected chi connectivity index (χ3v) is 1.77. The summed E-state index contributed by atoms with van der Waals surface area (Å²) >= 11 is 0. The molecular weight excluding hydrogens is 168 g/mol. The Morgan fingerprint density at radius 1 is 1.62 bits per heavy atom. The minimum Gasteiger partial charge on any atom is -0.481 e. The van der Waals surface area contributed by atoms with Crippen molar-refractivity contribution in [3.8, 4) is 0 Å². The van der Waals surface area contributed by atoms with E-state index < -0.39 is 5.97 Å². The zero-order chi connectivity index (χ0) is 9.84. The highest BCUT2D eigenvalue weighted by atomic mass is 16.4. The fourth-order valence-electron chi connectivity index (χ4n) is 1.14. The Kier molecular flexibility index (Phi) is 2.95. The Bertz CT molecular complexity index is 323. The number of aromatic nitrogens is 2. The van der Waals surface area contributed by atoms with Crippen molar-refractivity contribution >= 4 is 5.97 Å². The average Bonchev–Trinajstić information content (AvgIpc) is 2.03. The van der Waals surface area contributed by atoms with E-state index in [1.54, 1.807) is 0 Å². The summed E-state index contributed by atoms with van der Waals surface area (Å²) in [6.07, 6.45) is 2.30. The Balaban J connectivity index is 2.89. The molecule has 1 heterocycles. The van der Waals surface area contributed by atoms with Crippen LogP contribution in [-0.2, 0) is 17.6 Å². The highest BCUT2D eigenvalue weighted by Gasteiger charge is 2.04. The zero-order valence-electron chi connectivity index (χ0n) is 7.74. The van der Waals surface area contributed by atoms with Gasteiger partial charge in [0.15, 0.2) is 0 Å². The van der Waals surface area contributed by atoms with Crippen molar-refractivity contribution in [3.05, 3.63) is 23.3 Å². The molecule has 1 N–H and O–H groups in total. The summed E-state index contributed by atoms with van der Waals surface area (Å²) in [4.78, 5) is 18.6. The van der Waals surface area contributed by atoms with Gasteiger partial charge in [0.05, 0.1) is 23.5 Å². The Morgan fingerprint density at radius 2 is 2.31 bits per heavy atom. The van der Waals surface area contributed by atoms with E-state index >= 15 is 0 Å².